The van der Waals surface area contributed by atoms with Crippen molar-refractivity contribution >= 4 is 27.4 Å². The highest BCUT2D eigenvalue weighted by atomic mass is 32.6. The molecule has 0 saturated heterocycles. The van der Waals surface area contributed by atoms with Gasteiger partial charge < -0.3 is 0 Å². The number of hydrogen-bond acceptors (Lipinski definition) is 1. The van der Waals surface area contributed by atoms with E-state index < -0.39 is 6.64 Å². The lowest BCUT2D eigenvalue weighted by Crippen LogP contribution is -0.948. The standard InChI is InChI=1S/FH3P2S/c1-3(2)4/h3H,2H2/i3D. The van der Waals surface area contributed by atoms with Crippen LogP contribution in [0.25, 0.3) is 0 Å². The van der Waals surface area contributed by atoms with E-state index in [-0.39, 0.29) is 0 Å². The summed E-state index contributed by atoms with van der Waals surface area (Å²) in [5.74, 6) is 0. The summed E-state index contributed by atoms with van der Waals surface area (Å²) in [4.78, 5) is 0. The number of halogens is 1. The summed E-state index contributed by atoms with van der Waals surface area (Å²) in [6.45, 7) is -3.14. The van der Waals surface area contributed by atoms with E-state index in [9.17, 15) is 4.20 Å². The molecule has 0 amide bonds. The van der Waals surface area contributed by atoms with Crippen molar-refractivity contribution in [3.63, 3.8) is 0 Å². The average Bonchev–Trinajstić information content (AvgIpc) is 0.722. The maximum Gasteiger partial charge on any atom is 0.117 e. The van der Waals surface area contributed by atoms with Gasteiger partial charge >= 0.3 is 0 Å². The van der Waals surface area contributed by atoms with Crippen molar-refractivity contribution in [2.24, 2.45) is 0 Å². The van der Waals surface area contributed by atoms with Crippen molar-refractivity contribution in [2.45, 2.75) is 0 Å². The maximum absolute atomic E-state index is 11.2. The Bertz CT molecular complexity index is 55.8. The highest BCUT2D eigenvalue weighted by molar-refractivity contribution is 8.31. The zero-order valence-corrected chi connectivity index (χ0v) is 4.68. The fraction of sp³-hybridized carbons (Fsp3) is 0. The monoisotopic (exact) mass is 117 g/mol. The van der Waals surface area contributed by atoms with E-state index in [0.717, 1.165) is 0 Å². The molecule has 2 unspecified atom stereocenters. The van der Waals surface area contributed by atoms with E-state index in [1.807, 2.05) is 0 Å². The van der Waals surface area contributed by atoms with Crippen molar-refractivity contribution < 1.29 is 4.20 Å². The van der Waals surface area contributed by atoms with Crippen molar-refractivity contribution in [3.05, 3.63) is 0 Å². The molecule has 0 aliphatic carbocycles. The van der Waals surface area contributed by atoms with Crippen LogP contribution in [0.1, 0.15) is 0 Å². The SMILES string of the molecule is [2H]P(F)(P)=S. The van der Waals surface area contributed by atoms with Gasteiger partial charge in [0, 0.05) is 0 Å². The second-order valence-electron chi connectivity index (χ2n) is 0.272. The Morgan fingerprint density at radius 2 is 2.50 bits per heavy atom. The lowest BCUT2D eigenvalue weighted by atomic mass is 18.9. The highest BCUT2D eigenvalue weighted by Gasteiger charge is 1.58. The quantitative estimate of drug-likeness (QED) is 0.431. The van der Waals surface area contributed by atoms with Gasteiger partial charge in [-0.25, -0.2) is 4.20 Å². The first-order valence-corrected chi connectivity index (χ1v) is 4.47. The summed E-state index contributed by atoms with van der Waals surface area (Å²) < 4.78 is 17.4. The van der Waals surface area contributed by atoms with E-state index >= 15 is 0 Å². The molecular formula is H3FP2S. The van der Waals surface area contributed by atoms with Crippen LogP contribution < -0.4 is 0 Å². The molecule has 0 spiro atoms. The third-order valence-corrected chi connectivity index (χ3v) is 0. The van der Waals surface area contributed by atoms with Crippen molar-refractivity contribution in [3.8, 4) is 0 Å². The molecule has 26 valence electrons. The Balaban J connectivity index is 3.47. The van der Waals surface area contributed by atoms with Gasteiger partial charge in [0.05, 0.1) is 0 Å². The van der Waals surface area contributed by atoms with Crippen LogP contribution in [-0.4, -0.2) is 1.28 Å². The van der Waals surface area contributed by atoms with E-state index in [2.05, 4.69) is 11.8 Å². The predicted octanol–water partition coefficient (Wildman–Crippen LogP) is 1.34. The summed E-state index contributed by atoms with van der Waals surface area (Å²) in [6, 6.07) is 0. The van der Waals surface area contributed by atoms with E-state index in [1.54, 1.807) is 8.93 Å². The molecule has 4 heteroatoms. The van der Waals surface area contributed by atoms with Crippen molar-refractivity contribution in [2.75, 3.05) is 0 Å². The van der Waals surface area contributed by atoms with Crippen LogP contribution in [0.4, 0.5) is 4.20 Å². The van der Waals surface area contributed by atoms with E-state index in [4.69, 9.17) is 1.28 Å². The molecule has 0 N–H and O–H groups in total. The molecule has 0 bridgehead atoms. The molecule has 4 heavy (non-hydrogen) atoms. The lowest BCUT2D eigenvalue weighted by Gasteiger charge is -1.59. The molecule has 0 aromatic heterocycles. The molecule has 0 rings (SSSR count). The second kappa shape index (κ2) is 2.26. The first kappa shape index (κ1) is 3.21. The Morgan fingerprint density at radius 1 is 2.50 bits per heavy atom. The lowest BCUT2D eigenvalue weighted by molar-refractivity contribution is 0.934. The fourth-order valence-electron chi connectivity index (χ4n) is 0. The van der Waals surface area contributed by atoms with Gasteiger partial charge in [-0.3, -0.25) is 0 Å². The zero-order valence-electron chi connectivity index (χ0n) is 2.81. The molecule has 0 aliphatic heterocycles. The molecule has 2 atom stereocenters. The molecule has 0 nitrogen and oxygen atoms in total. The molecular weight excluding hydrogens is 113 g/mol. The summed E-state index contributed by atoms with van der Waals surface area (Å²) >= 11 is 3.90. The molecule has 0 fully saturated rings. The second-order valence-corrected chi connectivity index (χ2v) is 4.35. The van der Waals surface area contributed by atoms with E-state index in [0.29, 0.717) is 0 Å². The van der Waals surface area contributed by atoms with Gasteiger partial charge in [-0.15, -0.1) is 0 Å². The predicted molar refractivity (Wildman–Crippen MR) is 26.5 cm³/mol. The van der Waals surface area contributed by atoms with Gasteiger partial charge in [-0.05, 0) is 0 Å². The van der Waals surface area contributed by atoms with Crippen LogP contribution in [0.3, 0.4) is 0 Å². The summed E-state index contributed by atoms with van der Waals surface area (Å²) in [5.41, 5.74) is 0. The van der Waals surface area contributed by atoms with Crippen LogP contribution in [0.2, 0.25) is 0 Å². The summed E-state index contributed by atoms with van der Waals surface area (Å²) in [7, 11) is 1.64. The minimum Gasteiger partial charge on any atom is -0.217 e. The average molecular weight is 117 g/mol. The van der Waals surface area contributed by atoms with Crippen LogP contribution in [0.15, 0.2) is 0 Å². The molecule has 0 radical (unpaired) electrons. The van der Waals surface area contributed by atoms with Crippen molar-refractivity contribution in [1.82, 2.24) is 0 Å². The van der Waals surface area contributed by atoms with E-state index in [1.165, 1.54) is 0 Å². The first-order valence-electron chi connectivity index (χ1n) is 1.06. The Morgan fingerprint density at radius 3 is 2.50 bits per heavy atom. The van der Waals surface area contributed by atoms with Crippen LogP contribution in [0, 0.1) is 0 Å². The van der Waals surface area contributed by atoms with Gasteiger partial charge in [0.25, 0.3) is 0 Å². The summed E-state index contributed by atoms with van der Waals surface area (Å²) in [6.07, 6.45) is 0. The van der Waals surface area contributed by atoms with Gasteiger partial charge in [0.15, 0.2) is 0 Å². The molecule has 0 heterocycles. The van der Waals surface area contributed by atoms with Gasteiger partial charge in [-0.1, -0.05) is 20.7 Å². The molecule has 0 aliphatic rings. The first-order chi connectivity index (χ1) is 2.00. The Kier molecular flexibility index (Phi) is 1.81. The third-order valence-electron chi connectivity index (χ3n) is 0. The van der Waals surface area contributed by atoms with Crippen LogP contribution in [0.5, 0.6) is 0 Å². The minimum atomic E-state index is -3.14. The molecule has 0 aromatic rings. The fourth-order valence-corrected chi connectivity index (χ4v) is 0. The zero-order chi connectivity index (χ0) is 4.50. The topological polar surface area (TPSA) is 0 Å². The number of hydrogen-bond donors (Lipinski definition) is 0. The largest absolute Gasteiger partial charge is 0.217 e. The van der Waals surface area contributed by atoms with Crippen molar-refractivity contribution in [1.29, 1.82) is 1.28 Å². The van der Waals surface area contributed by atoms with Gasteiger partial charge in [-0.2, -0.15) is 0 Å². The molecule has 0 aromatic carbocycles. The Labute approximate surface area is 33.7 Å². The number of rotatable bonds is 0. The third kappa shape index (κ3) is 11.9. The molecule has 0 saturated carbocycles. The minimum absolute atomic E-state index is 1.64. The Hall–Kier alpha value is 1.01. The maximum atomic E-state index is 11.2. The summed E-state index contributed by atoms with van der Waals surface area (Å²) in [5, 5.41) is 0. The van der Waals surface area contributed by atoms with Crippen LogP contribution >= 0.6 is 15.6 Å². The smallest absolute Gasteiger partial charge is 0.117 e. The highest BCUT2D eigenvalue weighted by Crippen LogP contribution is 2.30. The van der Waals surface area contributed by atoms with Gasteiger partial charge in [0.2, 0.25) is 0 Å². The normalized spacial score (nSPS) is 27.0. The van der Waals surface area contributed by atoms with Crippen LogP contribution in [-0.2, 0) is 11.8 Å². The van der Waals surface area contributed by atoms with Gasteiger partial charge in [0.1, 0.15) is 7.92 Å².